The fourth-order valence-electron chi connectivity index (χ4n) is 1.91. The molecule has 0 fully saturated rings. The van der Waals surface area contributed by atoms with Gasteiger partial charge >= 0.3 is 0 Å². The van der Waals surface area contributed by atoms with Crippen molar-refractivity contribution in [2.45, 2.75) is 0 Å². The van der Waals surface area contributed by atoms with Crippen LogP contribution in [0.4, 0.5) is 18.9 Å². The molecule has 1 amide bonds. The van der Waals surface area contributed by atoms with Crippen LogP contribution in [-0.2, 0) is 0 Å². The maximum atomic E-state index is 13.6. The Morgan fingerprint density at radius 2 is 1.70 bits per heavy atom. The average molecular weight is 335 g/mol. The number of carbonyl (C=O) groups is 1. The number of carbonyl (C=O) groups excluding carboxylic acids is 1. The molecular formula is C15H8F3N3OS. The molecule has 2 aromatic carbocycles. The van der Waals surface area contributed by atoms with Crippen molar-refractivity contribution in [2.24, 2.45) is 0 Å². The fraction of sp³-hybridized carbons (Fsp3) is 0. The van der Waals surface area contributed by atoms with Crippen LogP contribution in [-0.4, -0.2) is 15.5 Å². The monoisotopic (exact) mass is 335 g/mol. The highest BCUT2D eigenvalue weighted by Gasteiger charge is 2.19. The van der Waals surface area contributed by atoms with Gasteiger partial charge in [0.05, 0.1) is 5.69 Å². The summed E-state index contributed by atoms with van der Waals surface area (Å²) >= 11 is 0.822. The smallest absolute Gasteiger partial charge is 0.269 e. The number of hydrogen-bond acceptors (Lipinski definition) is 4. The van der Waals surface area contributed by atoms with Crippen LogP contribution >= 0.6 is 11.5 Å². The van der Waals surface area contributed by atoms with E-state index in [2.05, 4.69) is 14.9 Å². The van der Waals surface area contributed by atoms with Gasteiger partial charge in [-0.3, -0.25) is 4.79 Å². The second kappa shape index (κ2) is 6.17. The van der Waals surface area contributed by atoms with Crippen molar-refractivity contribution >= 4 is 23.1 Å². The lowest BCUT2D eigenvalue weighted by Crippen LogP contribution is -2.12. The second-order valence-electron chi connectivity index (χ2n) is 4.54. The van der Waals surface area contributed by atoms with Gasteiger partial charge in [-0.05, 0) is 47.9 Å². The number of nitrogens with zero attached hydrogens (tertiary/aromatic N) is 2. The Bertz CT molecular complexity index is 865. The molecule has 116 valence electrons. The van der Waals surface area contributed by atoms with Gasteiger partial charge in [-0.15, -0.1) is 5.10 Å². The van der Waals surface area contributed by atoms with E-state index in [0.29, 0.717) is 11.6 Å². The van der Waals surface area contributed by atoms with Gasteiger partial charge in [0.25, 0.3) is 5.91 Å². The largest absolute Gasteiger partial charge is 0.319 e. The molecule has 0 saturated carbocycles. The van der Waals surface area contributed by atoms with E-state index < -0.39 is 23.4 Å². The SMILES string of the molecule is O=C(Nc1ccc(F)cc1F)c1snnc1-c1ccc(F)cc1. The van der Waals surface area contributed by atoms with Crippen LogP contribution in [0.25, 0.3) is 11.3 Å². The van der Waals surface area contributed by atoms with Gasteiger partial charge in [0.15, 0.2) is 0 Å². The number of halogens is 3. The van der Waals surface area contributed by atoms with E-state index in [1.807, 2.05) is 0 Å². The summed E-state index contributed by atoms with van der Waals surface area (Å²) < 4.78 is 43.1. The van der Waals surface area contributed by atoms with E-state index >= 15 is 0 Å². The molecule has 8 heteroatoms. The van der Waals surface area contributed by atoms with Gasteiger partial charge in [-0.1, -0.05) is 4.49 Å². The molecule has 0 aliphatic rings. The summed E-state index contributed by atoms with van der Waals surface area (Å²) in [6.07, 6.45) is 0. The lowest BCUT2D eigenvalue weighted by atomic mass is 10.1. The Labute approximate surface area is 132 Å². The van der Waals surface area contributed by atoms with Crippen molar-refractivity contribution in [3.8, 4) is 11.3 Å². The van der Waals surface area contributed by atoms with Crippen molar-refractivity contribution in [3.05, 3.63) is 64.8 Å². The zero-order valence-electron chi connectivity index (χ0n) is 11.4. The second-order valence-corrected chi connectivity index (χ2v) is 5.29. The molecule has 0 bridgehead atoms. The maximum Gasteiger partial charge on any atom is 0.269 e. The summed E-state index contributed by atoms with van der Waals surface area (Å²) in [5.41, 5.74) is 0.606. The summed E-state index contributed by atoms with van der Waals surface area (Å²) in [5.74, 6) is -2.69. The molecule has 0 aliphatic carbocycles. The van der Waals surface area contributed by atoms with Crippen LogP contribution < -0.4 is 5.32 Å². The van der Waals surface area contributed by atoms with Crippen LogP contribution in [0.2, 0.25) is 0 Å². The molecule has 23 heavy (non-hydrogen) atoms. The van der Waals surface area contributed by atoms with Crippen molar-refractivity contribution in [3.63, 3.8) is 0 Å². The zero-order valence-corrected chi connectivity index (χ0v) is 12.2. The third-order valence-electron chi connectivity index (χ3n) is 2.99. The quantitative estimate of drug-likeness (QED) is 0.790. The van der Waals surface area contributed by atoms with E-state index in [4.69, 9.17) is 0 Å². The van der Waals surface area contributed by atoms with Gasteiger partial charge in [-0.25, -0.2) is 13.2 Å². The van der Waals surface area contributed by atoms with Crippen molar-refractivity contribution in [1.29, 1.82) is 0 Å². The van der Waals surface area contributed by atoms with Crippen LogP contribution in [0.5, 0.6) is 0 Å². The number of nitrogens with one attached hydrogen (secondary N) is 1. The Morgan fingerprint density at radius 1 is 1.00 bits per heavy atom. The Morgan fingerprint density at radius 3 is 2.39 bits per heavy atom. The summed E-state index contributed by atoms with van der Waals surface area (Å²) in [6, 6.07) is 8.20. The molecule has 0 spiro atoms. The van der Waals surface area contributed by atoms with Gasteiger partial charge in [0, 0.05) is 11.6 Å². The molecule has 3 aromatic rings. The molecule has 1 aromatic heterocycles. The van der Waals surface area contributed by atoms with Gasteiger partial charge < -0.3 is 5.32 Å². The van der Waals surface area contributed by atoms with Crippen LogP contribution in [0.15, 0.2) is 42.5 Å². The normalized spacial score (nSPS) is 10.6. The minimum Gasteiger partial charge on any atom is -0.319 e. The summed E-state index contributed by atoms with van der Waals surface area (Å²) in [5, 5.41) is 6.18. The van der Waals surface area contributed by atoms with Crippen LogP contribution in [0.1, 0.15) is 9.67 Å². The highest BCUT2D eigenvalue weighted by Crippen LogP contribution is 2.25. The van der Waals surface area contributed by atoms with Crippen LogP contribution in [0, 0.1) is 17.5 Å². The van der Waals surface area contributed by atoms with Gasteiger partial charge in [0.1, 0.15) is 28.0 Å². The standard InChI is InChI=1S/C15H8F3N3OS/c16-9-3-1-8(2-4-9)13-14(23-21-20-13)15(22)19-12-6-5-10(17)7-11(12)18/h1-7H,(H,19,22). The molecule has 1 N–H and O–H groups in total. The Kier molecular flexibility index (Phi) is 4.07. The topological polar surface area (TPSA) is 54.9 Å². The lowest BCUT2D eigenvalue weighted by molar-refractivity contribution is 0.103. The Balaban J connectivity index is 1.89. The first-order valence-corrected chi connectivity index (χ1v) is 7.16. The van der Waals surface area contributed by atoms with Crippen molar-refractivity contribution < 1.29 is 18.0 Å². The third-order valence-corrected chi connectivity index (χ3v) is 3.72. The molecular weight excluding hydrogens is 327 g/mol. The fourth-order valence-corrected chi connectivity index (χ4v) is 2.49. The predicted molar refractivity (Wildman–Crippen MR) is 79.6 cm³/mol. The van der Waals surface area contributed by atoms with E-state index in [0.717, 1.165) is 23.7 Å². The minimum atomic E-state index is -0.890. The number of benzene rings is 2. The highest BCUT2D eigenvalue weighted by atomic mass is 32.1. The molecule has 0 atom stereocenters. The zero-order chi connectivity index (χ0) is 16.4. The molecule has 4 nitrogen and oxygen atoms in total. The summed E-state index contributed by atoms with van der Waals surface area (Å²) in [6.45, 7) is 0. The third kappa shape index (κ3) is 3.21. The van der Waals surface area contributed by atoms with Gasteiger partial charge in [-0.2, -0.15) is 0 Å². The minimum absolute atomic E-state index is 0.139. The molecule has 1 heterocycles. The summed E-state index contributed by atoms with van der Waals surface area (Å²) in [7, 11) is 0. The van der Waals surface area contributed by atoms with Gasteiger partial charge in [0.2, 0.25) is 0 Å². The average Bonchev–Trinajstić information content (AvgIpc) is 3.00. The lowest BCUT2D eigenvalue weighted by Gasteiger charge is -2.06. The molecule has 0 unspecified atom stereocenters. The van der Waals surface area contributed by atoms with Crippen molar-refractivity contribution in [2.75, 3.05) is 5.32 Å². The van der Waals surface area contributed by atoms with Crippen molar-refractivity contribution in [1.82, 2.24) is 9.59 Å². The molecule has 0 radical (unpaired) electrons. The molecule has 3 rings (SSSR count). The number of aromatic nitrogens is 2. The number of anilines is 1. The number of amides is 1. The van der Waals surface area contributed by atoms with Crippen LogP contribution in [0.3, 0.4) is 0 Å². The first-order valence-electron chi connectivity index (χ1n) is 6.39. The predicted octanol–water partition coefficient (Wildman–Crippen LogP) is 3.87. The van der Waals surface area contributed by atoms with E-state index in [9.17, 15) is 18.0 Å². The molecule has 0 aliphatic heterocycles. The van der Waals surface area contributed by atoms with E-state index in [1.54, 1.807) is 0 Å². The van der Waals surface area contributed by atoms with E-state index in [1.165, 1.54) is 24.3 Å². The number of hydrogen-bond donors (Lipinski definition) is 1. The Hall–Kier alpha value is -2.74. The first kappa shape index (κ1) is 15.2. The summed E-state index contributed by atoms with van der Waals surface area (Å²) in [4.78, 5) is 12.4. The first-order chi connectivity index (χ1) is 11.0. The number of rotatable bonds is 3. The maximum absolute atomic E-state index is 13.6. The van der Waals surface area contributed by atoms with E-state index in [-0.39, 0.29) is 16.3 Å². The highest BCUT2D eigenvalue weighted by molar-refractivity contribution is 7.08. The molecule has 0 saturated heterocycles.